The third kappa shape index (κ3) is 6.47. The van der Waals surface area contributed by atoms with E-state index in [1.807, 2.05) is 53.4 Å². The number of hydrogen-bond donors (Lipinski definition) is 0. The van der Waals surface area contributed by atoms with Crippen molar-refractivity contribution in [3.05, 3.63) is 112 Å². The van der Waals surface area contributed by atoms with Gasteiger partial charge in [-0.2, -0.15) is 14.1 Å². The number of rotatable bonds is 9. The highest BCUT2D eigenvalue weighted by molar-refractivity contribution is 7.88. The van der Waals surface area contributed by atoms with Gasteiger partial charge in [-0.3, -0.25) is 9.78 Å². The molecule has 0 amide bonds. The van der Waals surface area contributed by atoms with Crippen LogP contribution in [-0.4, -0.2) is 60.3 Å². The summed E-state index contributed by atoms with van der Waals surface area (Å²) in [6.45, 7) is 1.61. The van der Waals surface area contributed by atoms with Crippen molar-refractivity contribution in [1.82, 2.24) is 19.1 Å². The first-order valence-electron chi connectivity index (χ1n) is 12.6. The van der Waals surface area contributed by atoms with Gasteiger partial charge in [-0.1, -0.05) is 54.1 Å². The van der Waals surface area contributed by atoms with Crippen LogP contribution in [0.4, 0.5) is 5.69 Å². The van der Waals surface area contributed by atoms with Gasteiger partial charge in [0.1, 0.15) is 5.69 Å². The van der Waals surface area contributed by atoms with E-state index in [1.54, 1.807) is 36.7 Å². The van der Waals surface area contributed by atoms with Crippen molar-refractivity contribution < 1.29 is 13.2 Å². The van der Waals surface area contributed by atoms with Crippen LogP contribution in [0, 0.1) is 0 Å². The number of halogens is 1. The standard InChI is InChI=1S/C28H28ClN5O4S/c29-23-9-6-11-25(19-23)34-28(35)27(38-18-12-24-10-4-5-13-30-24)26(20-31-34)32-14-16-33(17-15-32)39(36,37)21-22-7-2-1-3-8-22/h1-11,13,19-20H,12,14-18,21H2. The highest BCUT2D eigenvalue weighted by Gasteiger charge is 2.29. The highest BCUT2D eigenvalue weighted by Crippen LogP contribution is 2.27. The fourth-order valence-electron chi connectivity index (χ4n) is 4.47. The molecule has 4 aromatic rings. The lowest BCUT2D eigenvalue weighted by molar-refractivity contribution is 0.311. The van der Waals surface area contributed by atoms with Crippen LogP contribution in [0.15, 0.2) is 90.0 Å². The normalized spacial score (nSPS) is 14.3. The lowest BCUT2D eigenvalue weighted by Crippen LogP contribution is -2.49. The molecule has 39 heavy (non-hydrogen) atoms. The molecule has 0 bridgehead atoms. The Morgan fingerprint density at radius 3 is 2.41 bits per heavy atom. The van der Waals surface area contributed by atoms with Crippen LogP contribution in [0.5, 0.6) is 5.75 Å². The average molecular weight is 566 g/mol. The summed E-state index contributed by atoms with van der Waals surface area (Å²) in [5.41, 5.74) is 2.22. The van der Waals surface area contributed by atoms with E-state index in [0.29, 0.717) is 49.0 Å². The third-order valence-electron chi connectivity index (χ3n) is 6.46. The monoisotopic (exact) mass is 565 g/mol. The number of ether oxygens (including phenoxy) is 1. The molecule has 0 unspecified atom stereocenters. The van der Waals surface area contributed by atoms with Gasteiger partial charge < -0.3 is 9.64 Å². The van der Waals surface area contributed by atoms with Crippen LogP contribution in [0.3, 0.4) is 0 Å². The van der Waals surface area contributed by atoms with Crippen LogP contribution in [0.25, 0.3) is 5.69 Å². The number of hydrogen-bond acceptors (Lipinski definition) is 7. The van der Waals surface area contributed by atoms with Crippen molar-refractivity contribution in [3.63, 3.8) is 0 Å². The molecule has 1 aliphatic heterocycles. The first-order valence-corrected chi connectivity index (χ1v) is 14.6. The molecule has 2 aromatic heterocycles. The molecule has 11 heteroatoms. The first kappa shape index (κ1) is 26.9. The Kier molecular flexibility index (Phi) is 8.25. The van der Waals surface area contributed by atoms with Gasteiger partial charge in [0.15, 0.2) is 0 Å². The zero-order valence-corrected chi connectivity index (χ0v) is 22.8. The largest absolute Gasteiger partial charge is 0.486 e. The van der Waals surface area contributed by atoms with Crippen molar-refractivity contribution in [2.24, 2.45) is 0 Å². The summed E-state index contributed by atoms with van der Waals surface area (Å²) < 4.78 is 34.9. The molecule has 2 aromatic carbocycles. The number of sulfonamides is 1. The molecule has 0 spiro atoms. The summed E-state index contributed by atoms with van der Waals surface area (Å²) in [7, 11) is -3.48. The lowest BCUT2D eigenvalue weighted by Gasteiger charge is -2.35. The van der Waals surface area contributed by atoms with Crippen molar-refractivity contribution in [3.8, 4) is 11.4 Å². The van der Waals surface area contributed by atoms with Gasteiger partial charge in [0, 0.05) is 49.5 Å². The van der Waals surface area contributed by atoms with Crippen molar-refractivity contribution in [2.45, 2.75) is 12.2 Å². The summed E-state index contributed by atoms with van der Waals surface area (Å²) in [5.74, 6) is 0.106. The molecule has 0 saturated carbocycles. The minimum absolute atomic E-state index is 0.0487. The minimum Gasteiger partial charge on any atom is -0.486 e. The predicted octanol–water partition coefficient (Wildman–Crippen LogP) is 3.55. The molecule has 1 aliphatic rings. The molecule has 0 N–H and O–H groups in total. The van der Waals surface area contributed by atoms with Gasteiger partial charge in [-0.15, -0.1) is 0 Å². The van der Waals surface area contributed by atoms with E-state index in [1.165, 1.54) is 8.99 Å². The maximum Gasteiger partial charge on any atom is 0.316 e. The molecule has 0 aliphatic carbocycles. The van der Waals surface area contributed by atoms with E-state index >= 15 is 0 Å². The smallest absolute Gasteiger partial charge is 0.316 e. The number of piperazine rings is 1. The van der Waals surface area contributed by atoms with Crippen LogP contribution >= 0.6 is 11.6 Å². The summed E-state index contributed by atoms with van der Waals surface area (Å²) in [4.78, 5) is 19.9. The van der Waals surface area contributed by atoms with Gasteiger partial charge in [0.25, 0.3) is 0 Å². The van der Waals surface area contributed by atoms with Crippen LogP contribution in [0.1, 0.15) is 11.3 Å². The van der Waals surface area contributed by atoms with E-state index in [4.69, 9.17) is 16.3 Å². The first-order chi connectivity index (χ1) is 18.9. The van der Waals surface area contributed by atoms with Crippen LogP contribution in [0.2, 0.25) is 5.02 Å². The van der Waals surface area contributed by atoms with Gasteiger partial charge >= 0.3 is 5.56 Å². The molecule has 1 fully saturated rings. The molecule has 1 saturated heterocycles. The van der Waals surface area contributed by atoms with Crippen molar-refractivity contribution in [2.75, 3.05) is 37.7 Å². The Morgan fingerprint density at radius 2 is 1.69 bits per heavy atom. The van der Waals surface area contributed by atoms with E-state index < -0.39 is 15.6 Å². The van der Waals surface area contributed by atoms with Crippen molar-refractivity contribution >= 4 is 27.3 Å². The second-order valence-electron chi connectivity index (χ2n) is 9.10. The predicted molar refractivity (Wildman–Crippen MR) is 151 cm³/mol. The van der Waals surface area contributed by atoms with Gasteiger partial charge in [0.2, 0.25) is 15.8 Å². The summed E-state index contributed by atoms with van der Waals surface area (Å²) >= 11 is 6.15. The maximum absolute atomic E-state index is 13.6. The van der Waals surface area contributed by atoms with E-state index in [9.17, 15) is 13.2 Å². The summed E-state index contributed by atoms with van der Waals surface area (Å²) in [6, 6.07) is 21.6. The van der Waals surface area contributed by atoms with Gasteiger partial charge in [-0.25, -0.2) is 8.42 Å². The van der Waals surface area contributed by atoms with E-state index in [2.05, 4.69) is 10.1 Å². The molecular formula is C28H28ClN5O4S. The zero-order valence-electron chi connectivity index (χ0n) is 21.2. The third-order valence-corrected chi connectivity index (χ3v) is 8.55. The van der Waals surface area contributed by atoms with Gasteiger partial charge in [-0.05, 0) is 35.9 Å². The Balaban J connectivity index is 1.37. The molecule has 3 heterocycles. The Hall–Kier alpha value is -3.73. The molecule has 0 atom stereocenters. The number of anilines is 1. The second kappa shape index (κ2) is 12.0. The molecule has 5 rings (SSSR count). The summed E-state index contributed by atoms with van der Waals surface area (Å²) in [6.07, 6.45) is 3.82. The topological polar surface area (TPSA) is 97.6 Å². The Morgan fingerprint density at radius 1 is 0.923 bits per heavy atom. The Bertz CT molecular complexity index is 1570. The number of pyridine rings is 1. The summed E-state index contributed by atoms with van der Waals surface area (Å²) in [5, 5.41) is 4.88. The van der Waals surface area contributed by atoms with E-state index in [-0.39, 0.29) is 18.1 Å². The molecule has 202 valence electrons. The molecule has 9 nitrogen and oxygen atoms in total. The zero-order chi connectivity index (χ0) is 27.2. The molecule has 0 radical (unpaired) electrons. The SMILES string of the molecule is O=c1c(OCCc2ccccn2)c(N2CCN(S(=O)(=O)Cc3ccccc3)CC2)cnn1-c1cccc(Cl)c1. The molecular weight excluding hydrogens is 538 g/mol. The van der Waals surface area contributed by atoms with Crippen LogP contribution < -0.4 is 15.2 Å². The van der Waals surface area contributed by atoms with Crippen molar-refractivity contribution in [1.29, 1.82) is 0 Å². The lowest BCUT2D eigenvalue weighted by atomic mass is 10.2. The van der Waals surface area contributed by atoms with E-state index in [0.717, 1.165) is 11.3 Å². The number of nitrogens with zero attached hydrogens (tertiary/aromatic N) is 5. The average Bonchev–Trinajstić information content (AvgIpc) is 2.95. The Labute approximate surface area is 232 Å². The number of benzene rings is 2. The maximum atomic E-state index is 13.6. The van der Waals surface area contributed by atoms with Crippen LogP contribution in [-0.2, 0) is 22.2 Å². The fourth-order valence-corrected chi connectivity index (χ4v) is 6.17. The highest BCUT2D eigenvalue weighted by atomic mass is 35.5. The minimum atomic E-state index is -3.48. The van der Waals surface area contributed by atoms with Gasteiger partial charge in [0.05, 0.1) is 24.2 Å². The fraction of sp³-hybridized carbons (Fsp3) is 0.250. The number of aromatic nitrogens is 3. The second-order valence-corrected chi connectivity index (χ2v) is 11.5. The quantitative estimate of drug-likeness (QED) is 0.306.